The van der Waals surface area contributed by atoms with Crippen molar-refractivity contribution in [1.29, 1.82) is 0 Å². The van der Waals surface area contributed by atoms with Crippen LogP contribution in [0.3, 0.4) is 0 Å². The second kappa shape index (κ2) is 14.5. The van der Waals surface area contributed by atoms with Gasteiger partial charge in [0.2, 0.25) is 0 Å². The molecular weight excluding hydrogens is 600 g/mol. The molecule has 4 heterocycles. The Morgan fingerprint density at radius 1 is 1.06 bits per heavy atom. The number of fused-ring (bicyclic) bond motifs is 1. The van der Waals surface area contributed by atoms with Gasteiger partial charge in [0.05, 0.1) is 18.8 Å². The van der Waals surface area contributed by atoms with Crippen molar-refractivity contribution in [3.8, 4) is 11.4 Å². The van der Waals surface area contributed by atoms with Gasteiger partial charge in [-0.1, -0.05) is 23.8 Å². The molecule has 2 aliphatic rings. The maximum atomic E-state index is 12.2. The molecule has 0 saturated carbocycles. The van der Waals surface area contributed by atoms with Gasteiger partial charge in [-0.15, -0.1) is 0 Å². The standard InChI is InChI=1S/C34H40N8O5/c1-22(20-26-9-7-6-8-24(21-35-26)32(43)40-45)10-15-27-37-28-30(41(27)5)38-29(39-31(28)42-16-18-46-19-17-42)23-11-13-25(14-12-23)36-33(44)47-34(2,3)4/h6-14,21,45H,15-20H2,1-5H3,(H,36,44)(H,40,43)/b7-6?,8-6+,9-7?,22-10+,24-8?,24-21+,26-9?,35-21?,35-26?. The summed E-state index contributed by atoms with van der Waals surface area (Å²) >= 11 is 0. The fourth-order valence-electron chi connectivity index (χ4n) is 5.01. The molecule has 246 valence electrons. The van der Waals surface area contributed by atoms with E-state index >= 15 is 0 Å². The Kier molecular flexibility index (Phi) is 10.3. The highest BCUT2D eigenvalue weighted by atomic mass is 16.6. The zero-order chi connectivity index (χ0) is 33.6. The molecule has 0 spiro atoms. The molecule has 13 heteroatoms. The van der Waals surface area contributed by atoms with Crippen LogP contribution in [0.1, 0.15) is 39.9 Å². The lowest BCUT2D eigenvalue weighted by Crippen LogP contribution is -2.37. The number of hydrogen-bond acceptors (Lipinski definition) is 10. The molecule has 1 aromatic carbocycles. The average molecular weight is 641 g/mol. The van der Waals surface area contributed by atoms with Gasteiger partial charge in [-0.2, -0.15) is 0 Å². The summed E-state index contributed by atoms with van der Waals surface area (Å²) in [5.41, 5.74) is 5.98. The molecule has 2 amide bonds. The van der Waals surface area contributed by atoms with Crippen LogP contribution < -0.4 is 15.7 Å². The first-order valence-corrected chi connectivity index (χ1v) is 15.4. The lowest BCUT2D eigenvalue weighted by atomic mass is 10.1. The number of hydrogen-bond donors (Lipinski definition) is 3. The van der Waals surface area contributed by atoms with Crippen LogP contribution in [0, 0.1) is 0 Å². The number of nitrogens with zero attached hydrogens (tertiary/aromatic N) is 6. The topological polar surface area (TPSA) is 156 Å². The van der Waals surface area contributed by atoms with Crippen molar-refractivity contribution >= 4 is 40.4 Å². The van der Waals surface area contributed by atoms with Gasteiger partial charge in [0.25, 0.3) is 5.91 Å². The van der Waals surface area contributed by atoms with Crippen LogP contribution in [0.2, 0.25) is 0 Å². The molecule has 47 heavy (non-hydrogen) atoms. The highest BCUT2D eigenvalue weighted by Crippen LogP contribution is 2.29. The van der Waals surface area contributed by atoms with Crippen molar-refractivity contribution in [3.63, 3.8) is 0 Å². The quantitative estimate of drug-likeness (QED) is 0.174. The van der Waals surface area contributed by atoms with Crippen molar-refractivity contribution in [2.75, 3.05) is 36.5 Å². The molecule has 0 aliphatic carbocycles. The second-order valence-corrected chi connectivity index (χ2v) is 12.2. The molecule has 1 fully saturated rings. The Morgan fingerprint density at radius 3 is 2.49 bits per heavy atom. The van der Waals surface area contributed by atoms with E-state index in [2.05, 4.69) is 21.3 Å². The van der Waals surface area contributed by atoms with E-state index in [1.165, 1.54) is 6.20 Å². The Hall–Kier alpha value is -5.14. The smallest absolute Gasteiger partial charge is 0.412 e. The molecule has 3 N–H and O–H groups in total. The molecular formula is C34H40N8O5. The summed E-state index contributed by atoms with van der Waals surface area (Å²) < 4.78 is 13.0. The number of hydroxylamine groups is 1. The van der Waals surface area contributed by atoms with Gasteiger partial charge >= 0.3 is 6.09 Å². The van der Waals surface area contributed by atoms with E-state index in [1.54, 1.807) is 29.8 Å². The molecule has 5 rings (SSSR count). The van der Waals surface area contributed by atoms with Crippen molar-refractivity contribution in [2.24, 2.45) is 12.0 Å². The third-order valence-electron chi connectivity index (χ3n) is 7.39. The average Bonchev–Trinajstić information content (AvgIpc) is 3.35. The van der Waals surface area contributed by atoms with Crippen molar-refractivity contribution < 1.29 is 24.3 Å². The highest BCUT2D eigenvalue weighted by molar-refractivity contribution is 6.00. The van der Waals surface area contributed by atoms with Crippen molar-refractivity contribution in [3.05, 3.63) is 77.8 Å². The van der Waals surface area contributed by atoms with Gasteiger partial charge in [0.15, 0.2) is 22.8 Å². The summed E-state index contributed by atoms with van der Waals surface area (Å²) in [4.78, 5) is 45.6. The van der Waals surface area contributed by atoms with Crippen LogP contribution in [-0.4, -0.2) is 74.3 Å². The number of anilines is 2. The number of ether oxygens (including phenoxy) is 2. The van der Waals surface area contributed by atoms with Crippen LogP contribution in [0.25, 0.3) is 22.6 Å². The minimum atomic E-state index is -0.622. The number of amides is 2. The Morgan fingerprint density at radius 2 is 1.79 bits per heavy atom. The number of carbonyl (C=O) groups excluding carboxylic acids is 2. The number of rotatable bonds is 8. The van der Waals surface area contributed by atoms with Crippen LogP contribution in [0.4, 0.5) is 16.3 Å². The van der Waals surface area contributed by atoms with Crippen LogP contribution >= 0.6 is 0 Å². The summed E-state index contributed by atoms with van der Waals surface area (Å²) in [6.45, 7) is 10.1. The number of aliphatic imine (C=N–C) groups is 1. The first-order valence-electron chi connectivity index (χ1n) is 15.4. The van der Waals surface area contributed by atoms with E-state index in [9.17, 15) is 9.59 Å². The van der Waals surface area contributed by atoms with Crippen molar-refractivity contribution in [2.45, 2.75) is 46.1 Å². The predicted octanol–water partition coefficient (Wildman–Crippen LogP) is 5.05. The van der Waals surface area contributed by atoms with E-state index in [0.717, 1.165) is 34.0 Å². The summed E-state index contributed by atoms with van der Waals surface area (Å²) in [6.07, 6.45) is 11.2. The Bertz CT molecular complexity index is 1790. The second-order valence-electron chi connectivity index (χ2n) is 12.2. The summed E-state index contributed by atoms with van der Waals surface area (Å²) in [7, 11) is 1.95. The van der Waals surface area contributed by atoms with Gasteiger partial charge in [-0.3, -0.25) is 20.3 Å². The molecule has 1 saturated heterocycles. The van der Waals surface area contributed by atoms with Crippen LogP contribution in [0.15, 0.2) is 77.0 Å². The van der Waals surface area contributed by atoms with E-state index < -0.39 is 17.6 Å². The third-order valence-corrected chi connectivity index (χ3v) is 7.39. The summed E-state index contributed by atoms with van der Waals surface area (Å²) in [5, 5.41) is 11.7. The van der Waals surface area contributed by atoms with Crippen molar-refractivity contribution in [1.82, 2.24) is 25.0 Å². The fourth-order valence-corrected chi connectivity index (χ4v) is 5.01. The van der Waals surface area contributed by atoms with Crippen LogP contribution in [-0.2, 0) is 27.7 Å². The van der Waals surface area contributed by atoms with E-state index in [0.29, 0.717) is 56.3 Å². The first-order chi connectivity index (χ1) is 22.5. The van der Waals surface area contributed by atoms with E-state index in [-0.39, 0.29) is 5.57 Å². The number of benzene rings is 1. The lowest BCUT2D eigenvalue weighted by molar-refractivity contribution is -0.124. The Labute approximate surface area is 273 Å². The first kappa shape index (κ1) is 33.2. The number of aromatic nitrogens is 4. The molecule has 2 aromatic heterocycles. The van der Waals surface area contributed by atoms with Gasteiger partial charge in [-0.25, -0.2) is 25.2 Å². The third kappa shape index (κ3) is 8.57. The Balaban J connectivity index is 1.40. The molecule has 0 radical (unpaired) electrons. The monoisotopic (exact) mass is 640 g/mol. The minimum Gasteiger partial charge on any atom is -0.444 e. The predicted molar refractivity (Wildman–Crippen MR) is 180 cm³/mol. The number of carbonyl (C=O) groups is 2. The zero-order valence-corrected chi connectivity index (χ0v) is 27.3. The van der Waals surface area contributed by atoms with Gasteiger partial charge in [0.1, 0.15) is 11.4 Å². The van der Waals surface area contributed by atoms with Gasteiger partial charge in [0, 0.05) is 56.1 Å². The molecule has 0 unspecified atom stereocenters. The fraction of sp³-hybridized carbons (Fsp3) is 0.353. The normalized spacial score (nSPS) is 17.3. The molecule has 13 nitrogen and oxygen atoms in total. The number of allylic oxidation sites excluding steroid dienone is 5. The molecule has 0 bridgehead atoms. The van der Waals surface area contributed by atoms with E-state index in [1.807, 2.05) is 63.6 Å². The van der Waals surface area contributed by atoms with E-state index in [4.69, 9.17) is 29.6 Å². The molecule has 0 atom stereocenters. The number of aryl methyl sites for hydroxylation is 1. The SMILES string of the molecule is C/C(=C\Cc1nc2c(N3CCOCC3)nc(-c3ccc(NC(=O)OC(C)(C)C)cc3)nc2n1C)CC1=N/C=C(C(=O)NO)\C=C\C=C1. The van der Waals surface area contributed by atoms with Crippen LogP contribution in [0.5, 0.6) is 0 Å². The molecule has 2 aliphatic heterocycles. The number of imidazole rings is 1. The maximum absolute atomic E-state index is 12.2. The zero-order valence-electron chi connectivity index (χ0n) is 27.3. The minimum absolute atomic E-state index is 0.251. The summed E-state index contributed by atoms with van der Waals surface area (Å²) in [6, 6.07) is 7.34. The van der Waals surface area contributed by atoms with Gasteiger partial charge in [-0.05, 0) is 64.1 Å². The largest absolute Gasteiger partial charge is 0.444 e. The number of morpholine rings is 1. The lowest BCUT2D eigenvalue weighted by Gasteiger charge is -2.28. The molecule has 3 aromatic rings. The highest BCUT2D eigenvalue weighted by Gasteiger charge is 2.23. The number of nitrogens with one attached hydrogen (secondary N) is 2. The maximum Gasteiger partial charge on any atom is 0.412 e. The summed E-state index contributed by atoms with van der Waals surface area (Å²) in [5.74, 6) is 1.51. The van der Waals surface area contributed by atoms with Gasteiger partial charge < -0.3 is 18.9 Å².